The smallest absolute Gasteiger partial charge is 0.326 e. The van der Waals surface area contributed by atoms with Gasteiger partial charge in [0.1, 0.15) is 25.3 Å². The lowest BCUT2D eigenvalue weighted by Gasteiger charge is -2.26. The summed E-state index contributed by atoms with van der Waals surface area (Å²) in [7, 11) is 0. The molecule has 0 aliphatic carbocycles. The van der Waals surface area contributed by atoms with Crippen molar-refractivity contribution in [3.63, 3.8) is 0 Å². The van der Waals surface area contributed by atoms with Gasteiger partial charge in [0.15, 0.2) is 11.5 Å². The molecule has 166 valence electrons. The van der Waals surface area contributed by atoms with Crippen LogP contribution in [0.4, 0.5) is 5.69 Å². The Balaban J connectivity index is 1.38. The molecule has 10 nitrogen and oxygen atoms in total. The number of aliphatic carboxylic acids is 1. The van der Waals surface area contributed by atoms with E-state index in [1.807, 2.05) is 0 Å². The monoisotopic (exact) mass is 431 g/mol. The zero-order valence-corrected chi connectivity index (χ0v) is 17.2. The van der Waals surface area contributed by atoms with Crippen LogP contribution in [-0.2, 0) is 19.2 Å². The number of carbonyl (C=O) groups is 4. The number of ether oxygens (including phenoxy) is 2. The van der Waals surface area contributed by atoms with Crippen molar-refractivity contribution in [3.8, 4) is 11.5 Å². The van der Waals surface area contributed by atoms with E-state index in [0.717, 1.165) is 0 Å². The van der Waals surface area contributed by atoms with Crippen LogP contribution < -0.4 is 19.7 Å². The summed E-state index contributed by atoms with van der Waals surface area (Å²) >= 11 is 0. The molecule has 0 bridgehead atoms. The van der Waals surface area contributed by atoms with Crippen molar-refractivity contribution in [2.45, 2.75) is 38.3 Å². The maximum Gasteiger partial charge on any atom is 0.326 e. The fourth-order valence-electron chi connectivity index (χ4n) is 4.26. The van der Waals surface area contributed by atoms with E-state index >= 15 is 0 Å². The third-order valence-corrected chi connectivity index (χ3v) is 5.88. The number of carboxylic acids is 1. The first-order valence-corrected chi connectivity index (χ1v) is 10.4. The molecule has 3 amide bonds. The molecule has 3 aliphatic rings. The van der Waals surface area contributed by atoms with Gasteiger partial charge in [-0.05, 0) is 31.9 Å². The van der Waals surface area contributed by atoms with E-state index in [9.17, 15) is 24.3 Å². The van der Waals surface area contributed by atoms with Crippen LogP contribution >= 0.6 is 0 Å². The van der Waals surface area contributed by atoms with E-state index in [2.05, 4.69) is 5.32 Å². The highest BCUT2D eigenvalue weighted by molar-refractivity contribution is 6.01. The summed E-state index contributed by atoms with van der Waals surface area (Å²) in [6.07, 6.45) is 1.05. The molecule has 2 saturated heterocycles. The summed E-state index contributed by atoms with van der Waals surface area (Å²) in [5, 5.41) is 11.9. The molecule has 0 saturated carbocycles. The summed E-state index contributed by atoms with van der Waals surface area (Å²) in [6.45, 7) is 2.98. The Morgan fingerprint density at radius 1 is 1.19 bits per heavy atom. The highest BCUT2D eigenvalue weighted by Crippen LogP contribution is 2.36. The second kappa shape index (κ2) is 8.44. The number of likely N-dealkylation sites (tertiary alicyclic amines) is 1. The lowest BCUT2D eigenvalue weighted by Crippen LogP contribution is -2.51. The van der Waals surface area contributed by atoms with Gasteiger partial charge in [0, 0.05) is 31.3 Å². The predicted molar refractivity (Wildman–Crippen MR) is 108 cm³/mol. The van der Waals surface area contributed by atoms with Crippen LogP contribution in [0.1, 0.15) is 26.2 Å². The molecule has 2 N–H and O–H groups in total. The number of carbonyl (C=O) groups excluding carboxylic acids is 3. The van der Waals surface area contributed by atoms with Gasteiger partial charge < -0.3 is 29.7 Å². The van der Waals surface area contributed by atoms with Gasteiger partial charge in [-0.3, -0.25) is 14.4 Å². The summed E-state index contributed by atoms with van der Waals surface area (Å²) in [5.74, 6) is -1.49. The predicted octanol–water partition coefficient (Wildman–Crippen LogP) is 0.391. The quantitative estimate of drug-likeness (QED) is 0.691. The minimum atomic E-state index is -1.04. The van der Waals surface area contributed by atoms with Gasteiger partial charge in [0.05, 0.1) is 5.92 Å². The number of benzene rings is 1. The maximum atomic E-state index is 12.7. The van der Waals surface area contributed by atoms with Crippen LogP contribution in [0.2, 0.25) is 0 Å². The number of carboxylic acid groups (broad SMARTS) is 1. The Morgan fingerprint density at radius 3 is 2.68 bits per heavy atom. The molecule has 0 radical (unpaired) electrons. The highest BCUT2D eigenvalue weighted by atomic mass is 16.6. The molecule has 3 atom stereocenters. The number of hydrogen-bond acceptors (Lipinski definition) is 6. The Kier molecular flexibility index (Phi) is 5.71. The van der Waals surface area contributed by atoms with E-state index in [0.29, 0.717) is 49.8 Å². The molecule has 1 aromatic rings. The Morgan fingerprint density at radius 2 is 1.94 bits per heavy atom. The van der Waals surface area contributed by atoms with Crippen molar-refractivity contribution >= 4 is 29.4 Å². The largest absolute Gasteiger partial charge is 0.486 e. The van der Waals surface area contributed by atoms with Crippen molar-refractivity contribution in [3.05, 3.63) is 18.2 Å². The third kappa shape index (κ3) is 4.14. The average Bonchev–Trinajstić information content (AvgIpc) is 3.40. The van der Waals surface area contributed by atoms with Gasteiger partial charge in [-0.25, -0.2) is 4.79 Å². The van der Waals surface area contributed by atoms with Crippen LogP contribution in [0.5, 0.6) is 11.5 Å². The third-order valence-electron chi connectivity index (χ3n) is 5.88. The molecule has 0 spiro atoms. The maximum absolute atomic E-state index is 12.7. The van der Waals surface area contributed by atoms with Gasteiger partial charge in [-0.2, -0.15) is 0 Å². The lowest BCUT2D eigenvalue weighted by molar-refractivity contribution is -0.149. The number of nitrogens with one attached hydrogen (secondary N) is 1. The zero-order chi connectivity index (χ0) is 22.1. The van der Waals surface area contributed by atoms with E-state index in [1.54, 1.807) is 18.2 Å². The molecule has 3 unspecified atom stereocenters. The second-order valence-corrected chi connectivity index (χ2v) is 7.99. The molecule has 10 heteroatoms. The van der Waals surface area contributed by atoms with Crippen molar-refractivity contribution in [1.82, 2.24) is 10.2 Å². The Labute approximate surface area is 179 Å². The number of nitrogens with zero attached hydrogens (tertiary/aromatic N) is 2. The molecule has 3 heterocycles. The number of anilines is 1. The molecule has 1 aromatic carbocycles. The lowest BCUT2D eigenvalue weighted by atomic mass is 10.1. The van der Waals surface area contributed by atoms with Crippen LogP contribution in [-0.4, -0.2) is 72.1 Å². The topological polar surface area (TPSA) is 125 Å². The molecule has 31 heavy (non-hydrogen) atoms. The first-order valence-electron chi connectivity index (χ1n) is 10.4. The normalized spacial score (nSPS) is 23.6. The number of fused-ring (bicyclic) bond motifs is 1. The zero-order valence-electron chi connectivity index (χ0n) is 17.2. The molecule has 4 rings (SSSR count). The molecule has 2 fully saturated rings. The Bertz CT molecular complexity index is 918. The van der Waals surface area contributed by atoms with Gasteiger partial charge in [0.2, 0.25) is 17.7 Å². The number of rotatable bonds is 5. The minimum Gasteiger partial charge on any atom is -0.486 e. The van der Waals surface area contributed by atoms with Crippen LogP contribution in [0.3, 0.4) is 0 Å². The minimum absolute atomic E-state index is 0.0304. The molecule has 3 aliphatic heterocycles. The van der Waals surface area contributed by atoms with E-state index < -0.39 is 35.8 Å². The summed E-state index contributed by atoms with van der Waals surface area (Å²) in [5.41, 5.74) is 0.620. The molecular weight excluding hydrogens is 406 g/mol. The van der Waals surface area contributed by atoms with Gasteiger partial charge in [-0.1, -0.05) is 0 Å². The van der Waals surface area contributed by atoms with Crippen LogP contribution in [0, 0.1) is 5.92 Å². The van der Waals surface area contributed by atoms with Crippen molar-refractivity contribution in [1.29, 1.82) is 0 Å². The second-order valence-electron chi connectivity index (χ2n) is 7.99. The summed E-state index contributed by atoms with van der Waals surface area (Å²) < 4.78 is 11.1. The van der Waals surface area contributed by atoms with Crippen molar-refractivity contribution in [2.75, 3.05) is 31.2 Å². The first kappa shape index (κ1) is 21.0. The Hall–Kier alpha value is -3.30. The van der Waals surface area contributed by atoms with Gasteiger partial charge in [-0.15, -0.1) is 0 Å². The van der Waals surface area contributed by atoms with Crippen molar-refractivity contribution < 1.29 is 33.8 Å². The van der Waals surface area contributed by atoms with E-state index in [-0.39, 0.29) is 18.9 Å². The summed E-state index contributed by atoms with van der Waals surface area (Å²) in [6, 6.07) is 3.48. The fraction of sp³-hybridized carbons (Fsp3) is 0.524. The van der Waals surface area contributed by atoms with E-state index in [4.69, 9.17) is 9.47 Å². The first-order chi connectivity index (χ1) is 14.8. The van der Waals surface area contributed by atoms with E-state index in [1.165, 1.54) is 16.7 Å². The SMILES string of the molecule is CC(NC(=O)C1CC(=O)N(c2ccc3c(c2)OCCO3)C1)C(=O)N1CCCC1C(=O)O. The van der Waals surface area contributed by atoms with Crippen LogP contribution in [0.25, 0.3) is 0 Å². The van der Waals surface area contributed by atoms with Crippen LogP contribution in [0.15, 0.2) is 18.2 Å². The fourth-order valence-corrected chi connectivity index (χ4v) is 4.26. The molecule has 0 aromatic heterocycles. The summed E-state index contributed by atoms with van der Waals surface area (Å²) in [4.78, 5) is 52.1. The number of amides is 3. The van der Waals surface area contributed by atoms with Gasteiger partial charge in [0.25, 0.3) is 0 Å². The molecular formula is C21H25N3O7. The van der Waals surface area contributed by atoms with Gasteiger partial charge >= 0.3 is 5.97 Å². The number of hydrogen-bond donors (Lipinski definition) is 2. The highest BCUT2D eigenvalue weighted by Gasteiger charge is 2.39. The standard InChI is InChI=1S/C21H25N3O7/c1-12(20(27)23-6-2-3-15(23)21(28)29)22-19(26)13-9-18(25)24(11-13)14-4-5-16-17(10-14)31-8-7-30-16/h4-5,10,12-13,15H,2-3,6-9,11H2,1H3,(H,22,26)(H,28,29). The van der Waals surface area contributed by atoms with Crippen molar-refractivity contribution in [2.24, 2.45) is 5.92 Å². The average molecular weight is 431 g/mol.